The summed E-state index contributed by atoms with van der Waals surface area (Å²) in [5.74, 6) is 2.41. The lowest BCUT2D eigenvalue weighted by molar-refractivity contribution is 0.0908. The van der Waals surface area contributed by atoms with Crippen LogP contribution in [0.1, 0.15) is 46.7 Å². The van der Waals surface area contributed by atoms with Gasteiger partial charge in [-0.05, 0) is 63.1 Å². The standard InChI is InChI=1S/C28H26N6O2S/c1-3-36-21-10-11-23(30-16-21)27-33-32-26(34(27)24-12-9-17(2)37-24)19-14-20(15-19)31-28(35)22-8-4-6-18-7-5-13-29-25(18)22/h4-13,16,19-20H,3,14-15H2,1-2H3,(H,31,35). The van der Waals surface area contributed by atoms with Gasteiger partial charge in [-0.1, -0.05) is 18.2 Å². The Morgan fingerprint density at radius 1 is 1.08 bits per heavy atom. The minimum atomic E-state index is -0.0950. The normalized spacial score (nSPS) is 16.9. The van der Waals surface area contributed by atoms with E-state index in [9.17, 15) is 4.79 Å². The van der Waals surface area contributed by atoms with Crippen LogP contribution in [0.3, 0.4) is 0 Å². The molecule has 1 N–H and O–H groups in total. The van der Waals surface area contributed by atoms with E-state index in [4.69, 9.17) is 4.74 Å². The van der Waals surface area contributed by atoms with Crippen LogP contribution >= 0.6 is 11.3 Å². The van der Waals surface area contributed by atoms with Gasteiger partial charge in [0.05, 0.1) is 23.9 Å². The maximum Gasteiger partial charge on any atom is 0.253 e. The summed E-state index contributed by atoms with van der Waals surface area (Å²) >= 11 is 1.70. The van der Waals surface area contributed by atoms with Crippen LogP contribution in [0.2, 0.25) is 0 Å². The van der Waals surface area contributed by atoms with Gasteiger partial charge >= 0.3 is 0 Å². The molecule has 9 heteroatoms. The van der Waals surface area contributed by atoms with Crippen LogP contribution in [0.4, 0.5) is 0 Å². The summed E-state index contributed by atoms with van der Waals surface area (Å²) in [4.78, 5) is 23.3. The molecular formula is C28H26N6O2S. The predicted octanol–water partition coefficient (Wildman–Crippen LogP) is 5.32. The fraction of sp³-hybridized carbons (Fsp3) is 0.250. The predicted molar refractivity (Wildman–Crippen MR) is 143 cm³/mol. The number of amides is 1. The van der Waals surface area contributed by atoms with Crippen LogP contribution < -0.4 is 10.1 Å². The molecule has 5 aromatic rings. The highest BCUT2D eigenvalue weighted by molar-refractivity contribution is 7.14. The van der Waals surface area contributed by atoms with E-state index in [0.717, 1.165) is 46.0 Å². The average Bonchev–Trinajstić information content (AvgIpc) is 3.52. The van der Waals surface area contributed by atoms with Crippen molar-refractivity contribution in [1.82, 2.24) is 30.0 Å². The maximum atomic E-state index is 13.1. The Kier molecular flexibility index (Phi) is 6.13. The van der Waals surface area contributed by atoms with E-state index < -0.39 is 0 Å². The topological polar surface area (TPSA) is 94.8 Å². The molecule has 1 aliphatic rings. The molecule has 0 radical (unpaired) electrons. The molecule has 0 saturated heterocycles. The molecule has 37 heavy (non-hydrogen) atoms. The van der Waals surface area contributed by atoms with Crippen molar-refractivity contribution in [3.05, 3.63) is 83.3 Å². The van der Waals surface area contributed by atoms with Gasteiger partial charge in [0.25, 0.3) is 5.91 Å². The first-order valence-corrected chi connectivity index (χ1v) is 13.2. The number of nitrogens with zero attached hydrogens (tertiary/aromatic N) is 5. The van der Waals surface area contributed by atoms with E-state index in [-0.39, 0.29) is 17.9 Å². The highest BCUT2D eigenvalue weighted by Gasteiger charge is 2.36. The molecule has 0 bridgehead atoms. The highest BCUT2D eigenvalue weighted by Crippen LogP contribution is 2.39. The van der Waals surface area contributed by atoms with Crippen molar-refractivity contribution in [1.29, 1.82) is 0 Å². The lowest BCUT2D eigenvalue weighted by atomic mass is 9.79. The van der Waals surface area contributed by atoms with Crippen LogP contribution in [0, 0.1) is 6.92 Å². The zero-order valence-corrected chi connectivity index (χ0v) is 21.4. The second-order valence-corrected chi connectivity index (χ2v) is 10.4. The fourth-order valence-corrected chi connectivity index (χ4v) is 5.62. The number of pyridine rings is 2. The molecule has 4 aromatic heterocycles. The molecule has 0 unspecified atom stereocenters. The molecule has 1 aromatic carbocycles. The Balaban J connectivity index is 1.23. The molecule has 1 fully saturated rings. The van der Waals surface area contributed by atoms with Gasteiger partial charge in [-0.25, -0.2) is 4.98 Å². The van der Waals surface area contributed by atoms with E-state index in [0.29, 0.717) is 18.0 Å². The number of hydrogen-bond acceptors (Lipinski definition) is 7. The molecule has 0 atom stereocenters. The first kappa shape index (κ1) is 23.3. The number of thiophene rings is 1. The molecule has 1 aliphatic carbocycles. The zero-order valence-electron chi connectivity index (χ0n) is 20.6. The van der Waals surface area contributed by atoms with Crippen molar-refractivity contribution >= 4 is 28.1 Å². The monoisotopic (exact) mass is 510 g/mol. The van der Waals surface area contributed by atoms with Crippen molar-refractivity contribution in [2.45, 2.75) is 38.6 Å². The number of aromatic nitrogens is 5. The first-order valence-electron chi connectivity index (χ1n) is 12.4. The minimum absolute atomic E-state index is 0.0683. The van der Waals surface area contributed by atoms with Gasteiger partial charge in [0.15, 0.2) is 5.82 Å². The third-order valence-electron chi connectivity index (χ3n) is 6.63. The van der Waals surface area contributed by atoms with Crippen molar-refractivity contribution < 1.29 is 9.53 Å². The SMILES string of the molecule is CCOc1ccc(-c2nnc(C3CC(NC(=O)c4cccc5cccnc45)C3)n2-c2ccc(C)s2)nc1. The quantitative estimate of drug-likeness (QED) is 0.318. The van der Waals surface area contributed by atoms with Crippen LogP contribution in [0.5, 0.6) is 5.75 Å². The van der Waals surface area contributed by atoms with E-state index in [1.807, 2.05) is 49.4 Å². The molecular weight excluding hydrogens is 484 g/mol. The third-order valence-corrected chi connectivity index (χ3v) is 7.61. The molecule has 4 heterocycles. The molecule has 1 saturated carbocycles. The summed E-state index contributed by atoms with van der Waals surface area (Å²) in [5.41, 5.74) is 2.06. The van der Waals surface area contributed by atoms with Crippen LogP contribution in [-0.2, 0) is 0 Å². The number of nitrogens with one attached hydrogen (secondary N) is 1. The Bertz CT molecular complexity index is 1560. The lowest BCUT2D eigenvalue weighted by Gasteiger charge is -2.35. The first-order chi connectivity index (χ1) is 18.1. The van der Waals surface area contributed by atoms with Crippen molar-refractivity contribution in [2.75, 3.05) is 6.61 Å². The maximum absolute atomic E-state index is 13.1. The van der Waals surface area contributed by atoms with Gasteiger partial charge in [0, 0.05) is 28.4 Å². The summed E-state index contributed by atoms with van der Waals surface area (Å²) in [5, 5.41) is 14.3. The number of rotatable bonds is 7. The molecule has 1 amide bonds. The number of fused-ring (bicyclic) bond motifs is 1. The van der Waals surface area contributed by atoms with Crippen LogP contribution in [0.25, 0.3) is 27.4 Å². The Labute approximate surface area is 218 Å². The lowest BCUT2D eigenvalue weighted by Crippen LogP contribution is -2.44. The molecule has 0 aliphatic heterocycles. The summed E-state index contributed by atoms with van der Waals surface area (Å²) in [6, 6.07) is 17.6. The second kappa shape index (κ2) is 9.74. The van der Waals surface area contributed by atoms with Crippen LogP contribution in [-0.4, -0.2) is 43.3 Å². The average molecular weight is 511 g/mol. The highest BCUT2D eigenvalue weighted by atomic mass is 32.1. The Hall–Kier alpha value is -4.11. The minimum Gasteiger partial charge on any atom is -0.492 e. The largest absolute Gasteiger partial charge is 0.492 e. The number of carbonyl (C=O) groups is 1. The van der Waals surface area contributed by atoms with Gasteiger partial charge in [-0.3, -0.25) is 14.3 Å². The number of carbonyl (C=O) groups excluding carboxylic acids is 1. The number of hydrogen-bond donors (Lipinski definition) is 1. The van der Waals surface area contributed by atoms with Gasteiger partial charge in [-0.2, -0.15) is 0 Å². The Morgan fingerprint density at radius 2 is 1.95 bits per heavy atom. The molecule has 8 nitrogen and oxygen atoms in total. The third kappa shape index (κ3) is 4.46. The van der Waals surface area contributed by atoms with Crippen molar-refractivity contribution in [3.63, 3.8) is 0 Å². The number of ether oxygens (including phenoxy) is 1. The van der Waals surface area contributed by atoms with Gasteiger partial charge in [0.1, 0.15) is 22.3 Å². The van der Waals surface area contributed by atoms with Crippen LogP contribution in [0.15, 0.2) is 67.0 Å². The van der Waals surface area contributed by atoms with Crippen molar-refractivity contribution in [2.24, 2.45) is 0 Å². The number of benzene rings is 1. The van der Waals surface area contributed by atoms with Gasteiger partial charge < -0.3 is 10.1 Å². The van der Waals surface area contributed by atoms with E-state index in [2.05, 4.69) is 49.1 Å². The Morgan fingerprint density at radius 3 is 2.70 bits per heavy atom. The number of para-hydroxylation sites is 1. The van der Waals surface area contributed by atoms with E-state index in [1.165, 1.54) is 4.88 Å². The molecule has 0 spiro atoms. The van der Waals surface area contributed by atoms with Gasteiger partial charge in [0.2, 0.25) is 0 Å². The molecule has 186 valence electrons. The zero-order chi connectivity index (χ0) is 25.4. The number of aryl methyl sites for hydroxylation is 1. The fourth-order valence-electron chi connectivity index (χ4n) is 4.75. The molecule has 6 rings (SSSR count). The summed E-state index contributed by atoms with van der Waals surface area (Å²) in [6.45, 7) is 4.62. The van der Waals surface area contributed by atoms with E-state index in [1.54, 1.807) is 23.7 Å². The summed E-state index contributed by atoms with van der Waals surface area (Å²) in [7, 11) is 0. The second-order valence-electron chi connectivity index (χ2n) is 9.13. The van der Waals surface area contributed by atoms with E-state index >= 15 is 0 Å². The van der Waals surface area contributed by atoms with Gasteiger partial charge in [-0.15, -0.1) is 21.5 Å². The van der Waals surface area contributed by atoms with Crippen molar-refractivity contribution in [3.8, 4) is 22.3 Å². The summed E-state index contributed by atoms with van der Waals surface area (Å²) < 4.78 is 7.65. The summed E-state index contributed by atoms with van der Waals surface area (Å²) in [6.07, 6.45) is 5.02. The smallest absolute Gasteiger partial charge is 0.253 e.